The number of carbonyl (C=O) groups excluding carboxylic acids is 1. The second-order valence-corrected chi connectivity index (χ2v) is 3.18. The van der Waals surface area contributed by atoms with Crippen LogP contribution in [0.1, 0.15) is 13.3 Å². The Morgan fingerprint density at radius 3 is 2.86 bits per heavy atom. The number of benzene rings is 1. The van der Waals surface area contributed by atoms with Crippen LogP contribution in [0.5, 0.6) is 5.75 Å². The van der Waals surface area contributed by atoms with E-state index in [0.717, 1.165) is 0 Å². The van der Waals surface area contributed by atoms with Gasteiger partial charge in [-0.1, -0.05) is 18.5 Å². The van der Waals surface area contributed by atoms with E-state index in [1.165, 1.54) is 7.11 Å². The van der Waals surface area contributed by atoms with Crippen LogP contribution in [-0.2, 0) is 4.79 Å². The number of carbonyl (C=O) groups is 1. The number of halogens is 1. The van der Waals surface area contributed by atoms with Crippen molar-refractivity contribution in [3.8, 4) is 5.75 Å². The summed E-state index contributed by atoms with van der Waals surface area (Å²) in [4.78, 5) is 11.1. The van der Waals surface area contributed by atoms with E-state index < -0.39 is 0 Å². The van der Waals surface area contributed by atoms with E-state index >= 15 is 0 Å². The number of anilines is 1. The van der Waals surface area contributed by atoms with E-state index in [-0.39, 0.29) is 5.91 Å². The normalized spacial score (nSPS) is 9.64. The van der Waals surface area contributed by atoms with Crippen LogP contribution in [0.4, 0.5) is 5.69 Å². The molecule has 0 saturated carbocycles. The smallest absolute Gasteiger partial charge is 0.224 e. The van der Waals surface area contributed by atoms with E-state index in [2.05, 4.69) is 5.32 Å². The van der Waals surface area contributed by atoms with Crippen molar-refractivity contribution in [2.75, 3.05) is 12.4 Å². The molecule has 3 nitrogen and oxygen atoms in total. The summed E-state index contributed by atoms with van der Waals surface area (Å²) in [6.07, 6.45) is 0.436. The van der Waals surface area contributed by atoms with Gasteiger partial charge in [0.05, 0.1) is 12.8 Å². The van der Waals surface area contributed by atoms with Crippen molar-refractivity contribution in [2.24, 2.45) is 0 Å². The van der Waals surface area contributed by atoms with Crippen molar-refractivity contribution in [3.05, 3.63) is 23.2 Å². The highest BCUT2D eigenvalue weighted by Crippen LogP contribution is 2.27. The van der Waals surface area contributed by atoms with Crippen LogP contribution in [-0.4, -0.2) is 13.0 Å². The number of amides is 1. The Bertz CT molecular complexity index is 339. The molecular formula is C10H12ClNO2. The van der Waals surface area contributed by atoms with E-state index in [1.54, 1.807) is 25.1 Å². The van der Waals surface area contributed by atoms with Crippen molar-refractivity contribution < 1.29 is 9.53 Å². The number of rotatable bonds is 3. The van der Waals surface area contributed by atoms with Gasteiger partial charge in [0.2, 0.25) is 5.91 Å². The van der Waals surface area contributed by atoms with Gasteiger partial charge in [0.25, 0.3) is 0 Å². The van der Waals surface area contributed by atoms with Crippen molar-refractivity contribution in [2.45, 2.75) is 13.3 Å². The monoisotopic (exact) mass is 213 g/mol. The van der Waals surface area contributed by atoms with E-state index in [4.69, 9.17) is 16.3 Å². The Labute approximate surface area is 88.0 Å². The van der Waals surface area contributed by atoms with Gasteiger partial charge >= 0.3 is 0 Å². The maximum Gasteiger partial charge on any atom is 0.224 e. The molecule has 0 saturated heterocycles. The molecule has 0 aliphatic rings. The fourth-order valence-electron chi connectivity index (χ4n) is 1.01. The molecular weight excluding hydrogens is 202 g/mol. The molecule has 1 aromatic carbocycles. The predicted octanol–water partition coefficient (Wildman–Crippen LogP) is 2.70. The molecule has 0 aromatic heterocycles. The summed E-state index contributed by atoms with van der Waals surface area (Å²) in [5.41, 5.74) is 0.642. The summed E-state index contributed by atoms with van der Waals surface area (Å²) < 4.78 is 5.07. The Morgan fingerprint density at radius 1 is 1.57 bits per heavy atom. The van der Waals surface area contributed by atoms with Gasteiger partial charge in [0, 0.05) is 17.5 Å². The molecule has 0 radical (unpaired) electrons. The average molecular weight is 214 g/mol. The molecule has 0 aliphatic heterocycles. The lowest BCUT2D eigenvalue weighted by Gasteiger charge is -2.09. The van der Waals surface area contributed by atoms with Gasteiger partial charge in [0.1, 0.15) is 5.75 Å². The van der Waals surface area contributed by atoms with Gasteiger partial charge in [0.15, 0.2) is 0 Å². The summed E-state index contributed by atoms with van der Waals surface area (Å²) in [7, 11) is 1.53. The van der Waals surface area contributed by atoms with Gasteiger partial charge in [-0.05, 0) is 12.1 Å². The topological polar surface area (TPSA) is 38.3 Å². The third kappa shape index (κ3) is 2.64. The molecule has 1 rings (SSSR count). The predicted molar refractivity (Wildman–Crippen MR) is 56.9 cm³/mol. The maximum atomic E-state index is 11.1. The summed E-state index contributed by atoms with van der Waals surface area (Å²) >= 11 is 5.77. The quantitative estimate of drug-likeness (QED) is 0.839. The van der Waals surface area contributed by atoms with E-state index in [1.807, 2.05) is 0 Å². The first-order valence-electron chi connectivity index (χ1n) is 4.30. The molecule has 1 amide bonds. The van der Waals surface area contributed by atoms with Crippen LogP contribution >= 0.6 is 11.6 Å². The number of ether oxygens (including phenoxy) is 1. The number of nitrogens with one attached hydrogen (secondary N) is 1. The molecule has 0 aliphatic carbocycles. The lowest BCUT2D eigenvalue weighted by atomic mass is 10.3. The summed E-state index contributed by atoms with van der Waals surface area (Å²) in [5.74, 6) is 0.518. The summed E-state index contributed by atoms with van der Waals surface area (Å²) in [6.45, 7) is 1.79. The van der Waals surface area contributed by atoms with Crippen LogP contribution in [0.2, 0.25) is 5.02 Å². The molecule has 14 heavy (non-hydrogen) atoms. The molecule has 1 aromatic rings. The maximum absolute atomic E-state index is 11.1. The molecule has 0 spiro atoms. The lowest BCUT2D eigenvalue weighted by molar-refractivity contribution is -0.115. The highest BCUT2D eigenvalue weighted by atomic mass is 35.5. The highest BCUT2D eigenvalue weighted by Gasteiger charge is 2.05. The number of methoxy groups -OCH3 is 1. The zero-order valence-electron chi connectivity index (χ0n) is 8.13. The zero-order valence-corrected chi connectivity index (χ0v) is 8.89. The Hall–Kier alpha value is -1.22. The SMILES string of the molecule is CCC(=O)Nc1ccc(Cl)cc1OC. The molecule has 1 N–H and O–H groups in total. The van der Waals surface area contributed by atoms with Gasteiger partial charge in [-0.25, -0.2) is 0 Å². The number of hydrogen-bond acceptors (Lipinski definition) is 2. The first-order valence-corrected chi connectivity index (χ1v) is 4.68. The highest BCUT2D eigenvalue weighted by molar-refractivity contribution is 6.30. The van der Waals surface area contributed by atoms with Crippen LogP contribution in [0.3, 0.4) is 0 Å². The summed E-state index contributed by atoms with van der Waals surface area (Å²) in [5, 5.41) is 3.30. The lowest BCUT2D eigenvalue weighted by Crippen LogP contribution is -2.10. The van der Waals surface area contributed by atoms with Gasteiger partial charge in [-0.3, -0.25) is 4.79 Å². The summed E-state index contributed by atoms with van der Waals surface area (Å²) in [6, 6.07) is 5.08. The first kappa shape index (κ1) is 10.9. The Balaban J connectivity index is 2.90. The van der Waals surface area contributed by atoms with Crippen molar-refractivity contribution in [1.82, 2.24) is 0 Å². The largest absolute Gasteiger partial charge is 0.495 e. The van der Waals surface area contributed by atoms with Crippen LogP contribution < -0.4 is 10.1 Å². The second-order valence-electron chi connectivity index (χ2n) is 2.75. The van der Waals surface area contributed by atoms with Gasteiger partial charge in [-0.2, -0.15) is 0 Å². The van der Waals surface area contributed by atoms with E-state index in [9.17, 15) is 4.79 Å². The van der Waals surface area contributed by atoms with Crippen molar-refractivity contribution in [3.63, 3.8) is 0 Å². The third-order valence-corrected chi connectivity index (χ3v) is 1.99. The fraction of sp³-hybridized carbons (Fsp3) is 0.300. The van der Waals surface area contributed by atoms with Crippen LogP contribution in [0.15, 0.2) is 18.2 Å². The molecule has 0 unspecified atom stereocenters. The van der Waals surface area contributed by atoms with Gasteiger partial charge in [-0.15, -0.1) is 0 Å². The molecule has 0 fully saturated rings. The van der Waals surface area contributed by atoms with E-state index in [0.29, 0.717) is 22.9 Å². The Morgan fingerprint density at radius 2 is 2.29 bits per heavy atom. The Kier molecular flexibility index (Phi) is 3.77. The minimum atomic E-state index is -0.0503. The van der Waals surface area contributed by atoms with Crippen molar-refractivity contribution >= 4 is 23.2 Å². The zero-order chi connectivity index (χ0) is 10.6. The fourth-order valence-corrected chi connectivity index (χ4v) is 1.17. The molecule has 0 atom stereocenters. The first-order chi connectivity index (χ1) is 6.67. The minimum Gasteiger partial charge on any atom is -0.495 e. The minimum absolute atomic E-state index is 0.0503. The van der Waals surface area contributed by atoms with Crippen LogP contribution in [0, 0.1) is 0 Å². The van der Waals surface area contributed by atoms with Gasteiger partial charge < -0.3 is 10.1 Å². The third-order valence-electron chi connectivity index (χ3n) is 1.76. The molecule has 0 bridgehead atoms. The molecule has 0 heterocycles. The number of hydrogen-bond donors (Lipinski definition) is 1. The second kappa shape index (κ2) is 4.86. The molecule has 76 valence electrons. The molecule has 4 heteroatoms. The van der Waals surface area contributed by atoms with Crippen molar-refractivity contribution in [1.29, 1.82) is 0 Å². The standard InChI is InChI=1S/C10H12ClNO2/c1-3-10(13)12-8-5-4-7(11)6-9(8)14-2/h4-6H,3H2,1-2H3,(H,12,13). The van der Waals surface area contributed by atoms with Crippen LogP contribution in [0.25, 0.3) is 0 Å². The average Bonchev–Trinajstić information content (AvgIpc) is 2.20.